The van der Waals surface area contributed by atoms with Crippen LogP contribution >= 0.6 is 0 Å². The zero-order valence-corrected chi connectivity index (χ0v) is 13.0. The van der Waals surface area contributed by atoms with Gasteiger partial charge in [-0.25, -0.2) is 13.2 Å². The van der Waals surface area contributed by atoms with E-state index in [9.17, 15) is 18.0 Å². The number of carbonyl (C=O) groups excluding carboxylic acids is 1. The van der Waals surface area contributed by atoms with Crippen molar-refractivity contribution in [2.75, 3.05) is 11.5 Å². The van der Waals surface area contributed by atoms with Gasteiger partial charge in [-0.1, -0.05) is 20.8 Å². The highest BCUT2D eigenvalue weighted by Crippen LogP contribution is 2.23. The van der Waals surface area contributed by atoms with Gasteiger partial charge in [0, 0.05) is 0 Å². The van der Waals surface area contributed by atoms with Gasteiger partial charge in [0.25, 0.3) is 0 Å². The lowest BCUT2D eigenvalue weighted by atomic mass is 9.88. The van der Waals surface area contributed by atoms with Crippen LogP contribution in [-0.4, -0.2) is 42.9 Å². The maximum atomic E-state index is 11.9. The fourth-order valence-electron chi connectivity index (χ4n) is 2.13. The van der Waals surface area contributed by atoms with Gasteiger partial charge < -0.3 is 10.4 Å². The fraction of sp³-hybridized carbons (Fsp3) is 0.846. The summed E-state index contributed by atoms with van der Waals surface area (Å²) in [5, 5.41) is 11.6. The average molecular weight is 305 g/mol. The number of hydrogen-bond acceptors (Lipinski definition) is 4. The number of nitrogens with one attached hydrogen (secondary N) is 1. The molecular formula is C13H23NO5S. The minimum absolute atomic E-state index is 0.00478. The molecule has 1 saturated heterocycles. The van der Waals surface area contributed by atoms with E-state index >= 15 is 0 Å². The number of aliphatic carboxylic acids is 1. The number of rotatable bonds is 5. The van der Waals surface area contributed by atoms with Gasteiger partial charge in [-0.15, -0.1) is 0 Å². The Morgan fingerprint density at radius 2 is 1.95 bits per heavy atom. The monoisotopic (exact) mass is 305 g/mol. The first kappa shape index (κ1) is 16.9. The SMILES string of the molecule is CC(C)(C)CCC(NC(=O)C1CCS(=O)(=O)C1)C(=O)O. The maximum Gasteiger partial charge on any atom is 0.326 e. The molecular weight excluding hydrogens is 282 g/mol. The molecule has 1 fully saturated rings. The molecule has 0 radical (unpaired) electrons. The molecule has 20 heavy (non-hydrogen) atoms. The van der Waals surface area contributed by atoms with E-state index in [2.05, 4.69) is 5.32 Å². The molecule has 7 heteroatoms. The van der Waals surface area contributed by atoms with Crippen LogP contribution in [0.25, 0.3) is 0 Å². The van der Waals surface area contributed by atoms with Crippen molar-refractivity contribution < 1.29 is 23.1 Å². The highest BCUT2D eigenvalue weighted by molar-refractivity contribution is 7.91. The minimum Gasteiger partial charge on any atom is -0.480 e. The molecule has 1 heterocycles. The molecule has 0 aromatic carbocycles. The zero-order chi connectivity index (χ0) is 15.6. The number of carbonyl (C=O) groups is 2. The van der Waals surface area contributed by atoms with Crippen molar-refractivity contribution in [3.8, 4) is 0 Å². The predicted octanol–water partition coefficient (Wildman–Crippen LogP) is 0.817. The Morgan fingerprint density at radius 3 is 2.35 bits per heavy atom. The van der Waals surface area contributed by atoms with E-state index in [0.717, 1.165) is 0 Å². The number of hydrogen-bond donors (Lipinski definition) is 2. The van der Waals surface area contributed by atoms with Crippen LogP contribution in [0.1, 0.15) is 40.0 Å². The van der Waals surface area contributed by atoms with Crippen molar-refractivity contribution in [1.82, 2.24) is 5.32 Å². The second kappa shape index (κ2) is 6.11. The molecule has 1 amide bonds. The van der Waals surface area contributed by atoms with Crippen molar-refractivity contribution >= 4 is 21.7 Å². The van der Waals surface area contributed by atoms with Crippen molar-refractivity contribution in [3.05, 3.63) is 0 Å². The molecule has 1 aliphatic heterocycles. The topological polar surface area (TPSA) is 101 Å². The van der Waals surface area contributed by atoms with Gasteiger partial charge in [0.05, 0.1) is 17.4 Å². The normalized spacial score (nSPS) is 23.2. The van der Waals surface area contributed by atoms with Gasteiger partial charge in [-0.3, -0.25) is 4.79 Å². The smallest absolute Gasteiger partial charge is 0.326 e. The number of sulfone groups is 1. The fourth-order valence-corrected chi connectivity index (χ4v) is 3.87. The molecule has 0 aliphatic carbocycles. The molecule has 0 saturated carbocycles. The lowest BCUT2D eigenvalue weighted by molar-refractivity contribution is -0.142. The van der Waals surface area contributed by atoms with Gasteiger partial charge >= 0.3 is 5.97 Å². The zero-order valence-electron chi connectivity index (χ0n) is 12.2. The Labute approximate surface area is 119 Å². The summed E-state index contributed by atoms with van der Waals surface area (Å²) in [6.07, 6.45) is 1.27. The van der Waals surface area contributed by atoms with E-state index < -0.39 is 33.7 Å². The molecule has 0 aromatic rings. The van der Waals surface area contributed by atoms with Gasteiger partial charge in [-0.05, 0) is 24.7 Å². The highest BCUT2D eigenvalue weighted by atomic mass is 32.2. The maximum absolute atomic E-state index is 11.9. The van der Waals surface area contributed by atoms with Crippen molar-refractivity contribution in [3.63, 3.8) is 0 Å². The molecule has 2 atom stereocenters. The third-order valence-corrected chi connectivity index (χ3v) is 5.17. The Kier molecular flexibility index (Phi) is 5.18. The summed E-state index contributed by atoms with van der Waals surface area (Å²) in [7, 11) is -3.14. The summed E-state index contributed by atoms with van der Waals surface area (Å²) in [6.45, 7) is 5.99. The van der Waals surface area contributed by atoms with Crippen LogP contribution in [-0.2, 0) is 19.4 Å². The molecule has 0 bridgehead atoms. The molecule has 116 valence electrons. The minimum atomic E-state index is -3.14. The lowest BCUT2D eigenvalue weighted by Gasteiger charge is -2.22. The Morgan fingerprint density at radius 1 is 1.35 bits per heavy atom. The van der Waals surface area contributed by atoms with E-state index in [1.165, 1.54) is 0 Å². The second-order valence-electron chi connectivity index (χ2n) is 6.60. The Bertz CT molecular complexity index is 477. The van der Waals surface area contributed by atoms with E-state index in [0.29, 0.717) is 12.8 Å². The predicted molar refractivity (Wildman–Crippen MR) is 75.0 cm³/mol. The summed E-state index contributed by atoms with van der Waals surface area (Å²) < 4.78 is 22.7. The first-order chi connectivity index (χ1) is 9.00. The van der Waals surface area contributed by atoms with Crippen LogP contribution in [0.2, 0.25) is 0 Å². The summed E-state index contributed by atoms with van der Waals surface area (Å²) in [5.74, 6) is -2.33. The summed E-state index contributed by atoms with van der Waals surface area (Å²) in [6, 6.07) is -0.954. The van der Waals surface area contributed by atoms with Crippen molar-refractivity contribution in [1.29, 1.82) is 0 Å². The largest absolute Gasteiger partial charge is 0.480 e. The average Bonchev–Trinajstić information content (AvgIpc) is 2.63. The van der Waals surface area contributed by atoms with Crippen LogP contribution in [0, 0.1) is 11.3 Å². The second-order valence-corrected chi connectivity index (χ2v) is 8.83. The quantitative estimate of drug-likeness (QED) is 0.783. The van der Waals surface area contributed by atoms with E-state index in [1.54, 1.807) is 0 Å². The van der Waals surface area contributed by atoms with E-state index in [-0.39, 0.29) is 23.3 Å². The summed E-state index contributed by atoms with van der Waals surface area (Å²) in [5.41, 5.74) is -0.0187. The number of carboxylic acid groups (broad SMARTS) is 1. The molecule has 0 aromatic heterocycles. The van der Waals surface area contributed by atoms with Gasteiger partial charge in [0.1, 0.15) is 6.04 Å². The Hall–Kier alpha value is -1.11. The van der Waals surface area contributed by atoms with E-state index in [4.69, 9.17) is 5.11 Å². The first-order valence-electron chi connectivity index (χ1n) is 6.74. The molecule has 0 spiro atoms. The molecule has 1 aliphatic rings. The summed E-state index contributed by atoms with van der Waals surface area (Å²) in [4.78, 5) is 23.1. The van der Waals surface area contributed by atoms with E-state index in [1.807, 2.05) is 20.8 Å². The van der Waals surface area contributed by atoms with Crippen molar-refractivity contribution in [2.24, 2.45) is 11.3 Å². The number of carboxylic acids is 1. The van der Waals surface area contributed by atoms with Crippen LogP contribution in [0.3, 0.4) is 0 Å². The molecule has 2 N–H and O–H groups in total. The van der Waals surface area contributed by atoms with Crippen LogP contribution in [0.15, 0.2) is 0 Å². The van der Waals surface area contributed by atoms with Gasteiger partial charge in [-0.2, -0.15) is 0 Å². The highest BCUT2D eigenvalue weighted by Gasteiger charge is 2.34. The third kappa shape index (κ3) is 5.48. The number of amides is 1. The molecule has 1 rings (SSSR count). The van der Waals surface area contributed by atoms with Crippen LogP contribution < -0.4 is 5.32 Å². The molecule has 2 unspecified atom stereocenters. The van der Waals surface area contributed by atoms with Gasteiger partial charge in [0.15, 0.2) is 9.84 Å². The van der Waals surface area contributed by atoms with Crippen molar-refractivity contribution in [2.45, 2.75) is 46.1 Å². The summed E-state index contributed by atoms with van der Waals surface area (Å²) >= 11 is 0. The third-order valence-electron chi connectivity index (χ3n) is 3.40. The standard InChI is InChI=1S/C13H23NO5S/c1-13(2,3)6-4-10(12(16)17)14-11(15)9-5-7-20(18,19)8-9/h9-10H,4-8H2,1-3H3,(H,14,15)(H,16,17). The van der Waals surface area contributed by atoms with Gasteiger partial charge in [0.2, 0.25) is 5.91 Å². The van der Waals surface area contributed by atoms with Crippen LogP contribution in [0.5, 0.6) is 0 Å². The Balaban J connectivity index is 2.58. The first-order valence-corrected chi connectivity index (χ1v) is 8.56. The lowest BCUT2D eigenvalue weighted by Crippen LogP contribution is -2.44. The van der Waals surface area contributed by atoms with Crippen LogP contribution in [0.4, 0.5) is 0 Å². The molecule has 6 nitrogen and oxygen atoms in total.